The van der Waals surface area contributed by atoms with Gasteiger partial charge in [-0.05, 0) is 50.2 Å². The van der Waals surface area contributed by atoms with E-state index in [0.29, 0.717) is 33.8 Å². The first kappa shape index (κ1) is 24.3. The Bertz CT molecular complexity index is 1170. The van der Waals surface area contributed by atoms with E-state index in [0.717, 1.165) is 0 Å². The van der Waals surface area contributed by atoms with E-state index in [1.165, 1.54) is 36.0 Å². The molecule has 0 aliphatic rings. The number of thioether (sulfide) groups is 1. The second-order valence-corrected chi connectivity index (χ2v) is 8.33. The van der Waals surface area contributed by atoms with E-state index in [1.54, 1.807) is 31.2 Å². The van der Waals surface area contributed by atoms with Crippen LogP contribution in [0.3, 0.4) is 0 Å². The minimum absolute atomic E-state index is 0.0825. The predicted molar refractivity (Wildman–Crippen MR) is 126 cm³/mol. The van der Waals surface area contributed by atoms with Crippen LogP contribution in [-0.4, -0.2) is 43.4 Å². The normalized spacial score (nSPS) is 11.6. The summed E-state index contributed by atoms with van der Waals surface area (Å²) >= 11 is 7.31. The Labute approximate surface area is 199 Å². The van der Waals surface area contributed by atoms with Gasteiger partial charge in [-0.1, -0.05) is 35.5 Å². The second-order valence-electron chi connectivity index (χ2n) is 6.98. The molecule has 9 nitrogen and oxygen atoms in total. The Morgan fingerprint density at radius 1 is 1.12 bits per heavy atom. The topological polar surface area (TPSA) is 126 Å². The van der Waals surface area contributed by atoms with Gasteiger partial charge in [0.1, 0.15) is 0 Å². The highest BCUT2D eigenvalue weighted by molar-refractivity contribution is 7.99. The molecule has 33 heavy (non-hydrogen) atoms. The van der Waals surface area contributed by atoms with Crippen LogP contribution in [0.2, 0.25) is 5.02 Å². The van der Waals surface area contributed by atoms with Gasteiger partial charge in [0, 0.05) is 12.2 Å². The highest BCUT2D eigenvalue weighted by atomic mass is 35.5. The fraction of sp³-hybridized carbons (Fsp3) is 0.227. The molecule has 1 atom stereocenters. The summed E-state index contributed by atoms with van der Waals surface area (Å²) in [6.45, 7) is 4.27. The van der Waals surface area contributed by atoms with Crippen molar-refractivity contribution in [3.05, 3.63) is 70.5 Å². The summed E-state index contributed by atoms with van der Waals surface area (Å²) in [5, 5.41) is 23.8. The third kappa shape index (κ3) is 6.11. The molecule has 0 aliphatic carbocycles. The van der Waals surface area contributed by atoms with Gasteiger partial charge in [0.25, 0.3) is 5.91 Å². The average molecular weight is 488 g/mol. The number of hydrogen-bond acceptors (Lipinski definition) is 6. The Balaban J connectivity index is 1.61. The van der Waals surface area contributed by atoms with Gasteiger partial charge in [-0.15, -0.1) is 10.2 Å². The molecule has 11 heteroatoms. The summed E-state index contributed by atoms with van der Waals surface area (Å²) in [6.07, 6.45) is 0. The molecule has 3 rings (SSSR count). The molecule has 172 valence electrons. The minimum Gasteiger partial charge on any atom is -0.478 e. The first-order valence-corrected chi connectivity index (χ1v) is 11.4. The number of carbonyl (C=O) groups excluding carboxylic acids is 2. The van der Waals surface area contributed by atoms with Gasteiger partial charge < -0.3 is 20.3 Å². The van der Waals surface area contributed by atoms with E-state index < -0.39 is 12.0 Å². The maximum absolute atomic E-state index is 12.6. The Morgan fingerprint density at radius 3 is 2.45 bits per heavy atom. The van der Waals surface area contributed by atoms with Crippen molar-refractivity contribution in [1.82, 2.24) is 20.1 Å². The van der Waals surface area contributed by atoms with E-state index in [4.69, 9.17) is 16.7 Å². The van der Waals surface area contributed by atoms with E-state index in [9.17, 15) is 14.4 Å². The quantitative estimate of drug-likeness (QED) is 0.391. The van der Waals surface area contributed by atoms with Gasteiger partial charge >= 0.3 is 5.97 Å². The van der Waals surface area contributed by atoms with Crippen molar-refractivity contribution < 1.29 is 19.5 Å². The van der Waals surface area contributed by atoms with Crippen LogP contribution >= 0.6 is 23.4 Å². The SMILES string of the molecule is CCn1c(SCC(=O)Nc2ccc(C(=O)O)cc2)nnc1[C@@H](C)NC(=O)c1ccccc1Cl. The summed E-state index contributed by atoms with van der Waals surface area (Å²) in [4.78, 5) is 35.8. The second kappa shape index (κ2) is 11.0. The van der Waals surface area contributed by atoms with Crippen LogP contribution in [-0.2, 0) is 11.3 Å². The number of anilines is 1. The van der Waals surface area contributed by atoms with Gasteiger partial charge in [0.15, 0.2) is 11.0 Å². The fourth-order valence-electron chi connectivity index (χ4n) is 3.03. The van der Waals surface area contributed by atoms with Crippen LogP contribution in [0.5, 0.6) is 0 Å². The number of benzene rings is 2. The van der Waals surface area contributed by atoms with Crippen LogP contribution in [0.25, 0.3) is 0 Å². The van der Waals surface area contributed by atoms with Gasteiger partial charge in [0.05, 0.1) is 27.9 Å². The summed E-state index contributed by atoms with van der Waals surface area (Å²) < 4.78 is 1.83. The number of hydrogen-bond donors (Lipinski definition) is 3. The van der Waals surface area contributed by atoms with Gasteiger partial charge in [-0.2, -0.15) is 0 Å². The van der Waals surface area contributed by atoms with E-state index in [-0.39, 0.29) is 23.1 Å². The monoisotopic (exact) mass is 487 g/mol. The molecule has 1 heterocycles. The summed E-state index contributed by atoms with van der Waals surface area (Å²) in [7, 11) is 0. The molecule has 0 spiro atoms. The van der Waals surface area contributed by atoms with E-state index >= 15 is 0 Å². The number of nitrogens with one attached hydrogen (secondary N) is 2. The number of nitrogens with zero attached hydrogens (tertiary/aromatic N) is 3. The van der Waals surface area contributed by atoms with Gasteiger partial charge in [-0.3, -0.25) is 9.59 Å². The number of aromatic carboxylic acids is 1. The van der Waals surface area contributed by atoms with Crippen molar-refractivity contribution in [2.45, 2.75) is 31.6 Å². The highest BCUT2D eigenvalue weighted by Gasteiger charge is 2.21. The Hall–Kier alpha value is -3.37. The summed E-state index contributed by atoms with van der Waals surface area (Å²) in [5.41, 5.74) is 1.01. The molecular weight excluding hydrogens is 466 g/mol. The van der Waals surface area contributed by atoms with Crippen molar-refractivity contribution in [3.63, 3.8) is 0 Å². The minimum atomic E-state index is -1.03. The molecule has 3 N–H and O–H groups in total. The third-order valence-electron chi connectivity index (χ3n) is 4.66. The molecule has 0 aliphatic heterocycles. The number of carboxylic acids is 1. The third-order valence-corrected chi connectivity index (χ3v) is 5.96. The maximum Gasteiger partial charge on any atom is 0.335 e. The van der Waals surface area contributed by atoms with Crippen molar-refractivity contribution >= 4 is 46.8 Å². The van der Waals surface area contributed by atoms with Crippen LogP contribution in [0.15, 0.2) is 53.7 Å². The molecule has 1 aromatic heterocycles. The predicted octanol–water partition coefficient (Wildman–Crippen LogP) is 3.87. The van der Waals surface area contributed by atoms with Crippen molar-refractivity contribution in [1.29, 1.82) is 0 Å². The summed E-state index contributed by atoms with van der Waals surface area (Å²) in [6, 6.07) is 12.2. The van der Waals surface area contributed by atoms with Gasteiger partial charge in [-0.25, -0.2) is 4.79 Å². The first-order valence-electron chi connectivity index (χ1n) is 10.0. The van der Waals surface area contributed by atoms with Gasteiger partial charge in [0.2, 0.25) is 5.91 Å². The Morgan fingerprint density at radius 2 is 1.82 bits per heavy atom. The molecule has 2 aromatic carbocycles. The number of rotatable bonds is 9. The number of carbonyl (C=O) groups is 3. The zero-order valence-electron chi connectivity index (χ0n) is 17.9. The summed E-state index contributed by atoms with van der Waals surface area (Å²) in [5.74, 6) is -0.976. The molecule has 0 fully saturated rings. The van der Waals surface area contributed by atoms with E-state index in [1.807, 2.05) is 11.5 Å². The van der Waals surface area contributed by atoms with Crippen LogP contribution in [0.4, 0.5) is 5.69 Å². The largest absolute Gasteiger partial charge is 0.478 e. The smallest absolute Gasteiger partial charge is 0.335 e. The standard InChI is InChI=1S/C22H22ClN5O4S/c1-3-28-19(13(2)24-20(30)16-6-4-5-7-17(16)23)26-27-22(28)33-12-18(29)25-15-10-8-14(9-11-15)21(31)32/h4-11,13H,3,12H2,1-2H3,(H,24,30)(H,25,29)(H,31,32)/t13-/m1/s1. The fourth-order valence-corrected chi connectivity index (χ4v) is 4.06. The lowest BCUT2D eigenvalue weighted by Crippen LogP contribution is -2.29. The lowest BCUT2D eigenvalue weighted by Gasteiger charge is -2.15. The number of halogens is 1. The molecule has 0 saturated carbocycles. The highest BCUT2D eigenvalue weighted by Crippen LogP contribution is 2.22. The van der Waals surface area contributed by atoms with Crippen LogP contribution in [0.1, 0.15) is 46.4 Å². The van der Waals surface area contributed by atoms with E-state index in [2.05, 4.69) is 20.8 Å². The molecular formula is C22H22ClN5O4S. The number of amides is 2. The average Bonchev–Trinajstić information content (AvgIpc) is 3.21. The van der Waals surface area contributed by atoms with Crippen LogP contribution < -0.4 is 10.6 Å². The molecule has 0 unspecified atom stereocenters. The lowest BCUT2D eigenvalue weighted by molar-refractivity contribution is -0.113. The molecule has 3 aromatic rings. The molecule has 2 amide bonds. The Kier molecular flexibility index (Phi) is 8.07. The van der Waals surface area contributed by atoms with Crippen molar-refractivity contribution in [3.8, 4) is 0 Å². The molecule has 0 radical (unpaired) electrons. The zero-order chi connectivity index (χ0) is 24.0. The maximum atomic E-state index is 12.6. The number of aromatic nitrogens is 3. The van der Waals surface area contributed by atoms with Crippen molar-refractivity contribution in [2.75, 3.05) is 11.1 Å². The number of carboxylic acid groups (broad SMARTS) is 1. The van der Waals surface area contributed by atoms with Crippen molar-refractivity contribution in [2.24, 2.45) is 0 Å². The van der Waals surface area contributed by atoms with Crippen LogP contribution in [0, 0.1) is 0 Å². The first-order chi connectivity index (χ1) is 15.8. The zero-order valence-corrected chi connectivity index (χ0v) is 19.5. The molecule has 0 saturated heterocycles. The molecule has 0 bridgehead atoms. The lowest BCUT2D eigenvalue weighted by atomic mass is 10.2.